The molecule has 0 bridgehead atoms. The Bertz CT molecular complexity index is 462. The van der Waals surface area contributed by atoms with Gasteiger partial charge in [0.15, 0.2) is 5.78 Å². The fourth-order valence-corrected chi connectivity index (χ4v) is 2.78. The second kappa shape index (κ2) is 6.65. The molecule has 2 nitrogen and oxygen atoms in total. The number of carbonyl (C=O) groups is 2. The molecule has 102 valence electrons. The molecule has 0 saturated carbocycles. The van der Waals surface area contributed by atoms with Gasteiger partial charge < -0.3 is 0 Å². The first-order chi connectivity index (χ1) is 9.24. The molecule has 1 unspecified atom stereocenters. The Morgan fingerprint density at radius 3 is 2.63 bits per heavy atom. The average molecular weight is 258 g/mol. The van der Waals surface area contributed by atoms with Crippen molar-refractivity contribution in [1.82, 2.24) is 0 Å². The Hall–Kier alpha value is -1.44. The summed E-state index contributed by atoms with van der Waals surface area (Å²) in [5, 5.41) is 0. The normalized spacial score (nSPS) is 17.5. The summed E-state index contributed by atoms with van der Waals surface area (Å²) in [6, 6.07) is 7.60. The molecular formula is C17H22O2. The van der Waals surface area contributed by atoms with Crippen molar-refractivity contribution in [3.8, 4) is 0 Å². The average Bonchev–Trinajstić information content (AvgIpc) is 2.76. The van der Waals surface area contributed by atoms with Gasteiger partial charge in [0.2, 0.25) is 0 Å². The van der Waals surface area contributed by atoms with Gasteiger partial charge in [0.05, 0.1) is 5.92 Å². The van der Waals surface area contributed by atoms with E-state index in [0.29, 0.717) is 12.8 Å². The minimum atomic E-state index is -0.399. The molecule has 0 fully saturated rings. The van der Waals surface area contributed by atoms with E-state index in [1.807, 2.05) is 24.3 Å². The van der Waals surface area contributed by atoms with Crippen LogP contribution in [0.3, 0.4) is 0 Å². The zero-order chi connectivity index (χ0) is 13.7. The Morgan fingerprint density at radius 1 is 1.16 bits per heavy atom. The van der Waals surface area contributed by atoms with Gasteiger partial charge in [0, 0.05) is 12.0 Å². The van der Waals surface area contributed by atoms with E-state index in [0.717, 1.165) is 24.0 Å². The Balaban J connectivity index is 1.84. The van der Waals surface area contributed by atoms with Gasteiger partial charge in [-0.3, -0.25) is 9.59 Å². The van der Waals surface area contributed by atoms with Crippen molar-refractivity contribution in [1.29, 1.82) is 0 Å². The SMILES string of the molecule is CCCCCCCC(=O)C1Cc2ccccc2C1=O. The number of benzene rings is 1. The molecule has 0 amide bonds. The maximum atomic E-state index is 12.2. The van der Waals surface area contributed by atoms with E-state index in [4.69, 9.17) is 0 Å². The molecule has 0 radical (unpaired) electrons. The van der Waals surface area contributed by atoms with Crippen LogP contribution in [0.4, 0.5) is 0 Å². The lowest BCUT2D eigenvalue weighted by atomic mass is 9.95. The highest BCUT2D eigenvalue weighted by atomic mass is 16.2. The van der Waals surface area contributed by atoms with Crippen LogP contribution in [0.5, 0.6) is 0 Å². The summed E-state index contributed by atoms with van der Waals surface area (Å²) in [5.74, 6) is -0.226. The minimum Gasteiger partial charge on any atom is -0.299 e. The van der Waals surface area contributed by atoms with Crippen LogP contribution in [-0.4, -0.2) is 11.6 Å². The molecule has 1 atom stereocenters. The van der Waals surface area contributed by atoms with Crippen molar-refractivity contribution in [2.45, 2.75) is 51.9 Å². The summed E-state index contributed by atoms with van der Waals surface area (Å²) in [5.41, 5.74) is 1.80. The monoisotopic (exact) mass is 258 g/mol. The number of hydrogen-bond donors (Lipinski definition) is 0. The van der Waals surface area contributed by atoms with Gasteiger partial charge >= 0.3 is 0 Å². The van der Waals surface area contributed by atoms with Gasteiger partial charge in [-0.1, -0.05) is 56.9 Å². The highest BCUT2D eigenvalue weighted by Gasteiger charge is 2.34. The molecular weight excluding hydrogens is 236 g/mol. The van der Waals surface area contributed by atoms with E-state index in [9.17, 15) is 9.59 Å². The zero-order valence-corrected chi connectivity index (χ0v) is 11.7. The molecule has 1 aromatic rings. The summed E-state index contributed by atoms with van der Waals surface area (Å²) in [6.45, 7) is 2.18. The first kappa shape index (κ1) is 14.0. The van der Waals surface area contributed by atoms with Crippen molar-refractivity contribution in [3.63, 3.8) is 0 Å². The van der Waals surface area contributed by atoms with Crippen LogP contribution in [0.25, 0.3) is 0 Å². The molecule has 0 aliphatic heterocycles. The number of fused-ring (bicyclic) bond motifs is 1. The second-order valence-electron chi connectivity index (χ2n) is 5.41. The van der Waals surface area contributed by atoms with Gasteiger partial charge in [0.1, 0.15) is 5.78 Å². The maximum absolute atomic E-state index is 12.2. The smallest absolute Gasteiger partial charge is 0.173 e. The third-order valence-electron chi connectivity index (χ3n) is 3.94. The van der Waals surface area contributed by atoms with E-state index in [1.165, 1.54) is 19.3 Å². The highest BCUT2D eigenvalue weighted by molar-refractivity contribution is 6.14. The van der Waals surface area contributed by atoms with E-state index in [-0.39, 0.29) is 11.6 Å². The standard InChI is InChI=1S/C17H22O2/c1-2-3-4-5-6-11-16(18)15-12-13-9-7-8-10-14(13)17(15)19/h7-10,15H,2-6,11-12H2,1H3. The Labute approximate surface area is 115 Å². The number of ketones is 2. The first-order valence-electron chi connectivity index (χ1n) is 7.39. The fraction of sp³-hybridized carbons (Fsp3) is 0.529. The molecule has 1 aliphatic rings. The molecule has 1 aliphatic carbocycles. The topological polar surface area (TPSA) is 34.1 Å². The predicted octanol–water partition coefficient (Wildman–Crippen LogP) is 3.97. The fourth-order valence-electron chi connectivity index (χ4n) is 2.78. The van der Waals surface area contributed by atoms with E-state index in [1.54, 1.807) is 0 Å². The molecule has 0 saturated heterocycles. The lowest BCUT2D eigenvalue weighted by Crippen LogP contribution is -2.20. The van der Waals surface area contributed by atoms with Crippen LogP contribution < -0.4 is 0 Å². The van der Waals surface area contributed by atoms with Gasteiger partial charge in [-0.05, 0) is 18.4 Å². The van der Waals surface area contributed by atoms with Crippen molar-refractivity contribution in [3.05, 3.63) is 35.4 Å². The van der Waals surface area contributed by atoms with Crippen LogP contribution in [0.15, 0.2) is 24.3 Å². The van der Waals surface area contributed by atoms with Crippen LogP contribution in [0.1, 0.15) is 61.4 Å². The van der Waals surface area contributed by atoms with Crippen molar-refractivity contribution in [2.24, 2.45) is 5.92 Å². The van der Waals surface area contributed by atoms with E-state index in [2.05, 4.69) is 6.92 Å². The number of carbonyl (C=O) groups excluding carboxylic acids is 2. The van der Waals surface area contributed by atoms with Gasteiger partial charge in [-0.15, -0.1) is 0 Å². The van der Waals surface area contributed by atoms with Crippen LogP contribution in [-0.2, 0) is 11.2 Å². The third kappa shape index (κ3) is 3.31. The Morgan fingerprint density at radius 2 is 1.89 bits per heavy atom. The van der Waals surface area contributed by atoms with Crippen molar-refractivity contribution >= 4 is 11.6 Å². The summed E-state index contributed by atoms with van der Waals surface area (Å²) in [7, 11) is 0. The molecule has 1 aromatic carbocycles. The number of unbranched alkanes of at least 4 members (excludes halogenated alkanes) is 4. The lowest BCUT2D eigenvalue weighted by molar-refractivity contribution is -0.121. The molecule has 19 heavy (non-hydrogen) atoms. The second-order valence-corrected chi connectivity index (χ2v) is 5.41. The summed E-state index contributed by atoms with van der Waals surface area (Å²) in [4.78, 5) is 24.3. The van der Waals surface area contributed by atoms with Crippen molar-refractivity contribution in [2.75, 3.05) is 0 Å². The molecule has 2 rings (SSSR count). The molecule has 0 heterocycles. The van der Waals surface area contributed by atoms with Crippen LogP contribution in [0.2, 0.25) is 0 Å². The lowest BCUT2D eigenvalue weighted by Gasteiger charge is -2.06. The largest absolute Gasteiger partial charge is 0.299 e. The van der Waals surface area contributed by atoms with E-state index >= 15 is 0 Å². The predicted molar refractivity (Wildman–Crippen MR) is 76.3 cm³/mol. The molecule has 0 aromatic heterocycles. The summed E-state index contributed by atoms with van der Waals surface area (Å²) < 4.78 is 0. The minimum absolute atomic E-state index is 0.0363. The number of rotatable bonds is 7. The molecule has 0 spiro atoms. The summed E-state index contributed by atoms with van der Waals surface area (Å²) in [6.07, 6.45) is 6.86. The van der Waals surface area contributed by atoms with Gasteiger partial charge in [-0.2, -0.15) is 0 Å². The quantitative estimate of drug-likeness (QED) is 0.548. The Kier molecular flexibility index (Phi) is 4.89. The summed E-state index contributed by atoms with van der Waals surface area (Å²) >= 11 is 0. The number of Topliss-reactive ketones (excluding diaryl/α,β-unsaturated/α-hetero) is 2. The van der Waals surface area contributed by atoms with Crippen LogP contribution in [0, 0.1) is 5.92 Å². The van der Waals surface area contributed by atoms with Gasteiger partial charge in [-0.25, -0.2) is 0 Å². The third-order valence-corrected chi connectivity index (χ3v) is 3.94. The molecule has 2 heteroatoms. The first-order valence-corrected chi connectivity index (χ1v) is 7.39. The van der Waals surface area contributed by atoms with Crippen molar-refractivity contribution < 1.29 is 9.59 Å². The van der Waals surface area contributed by atoms with Crippen LogP contribution >= 0.6 is 0 Å². The highest BCUT2D eigenvalue weighted by Crippen LogP contribution is 2.28. The maximum Gasteiger partial charge on any atom is 0.173 e. The van der Waals surface area contributed by atoms with E-state index < -0.39 is 5.92 Å². The number of hydrogen-bond acceptors (Lipinski definition) is 2. The molecule has 0 N–H and O–H groups in total. The van der Waals surface area contributed by atoms with Gasteiger partial charge in [0.25, 0.3) is 0 Å². The zero-order valence-electron chi connectivity index (χ0n) is 11.7.